The van der Waals surface area contributed by atoms with Gasteiger partial charge < -0.3 is 14.6 Å². The number of nitrogens with one attached hydrogen (secondary N) is 1. The topological polar surface area (TPSA) is 58.4 Å². The van der Waals surface area contributed by atoms with Crippen LogP contribution in [0.5, 0.6) is 0 Å². The Balaban J connectivity index is 1.65. The summed E-state index contributed by atoms with van der Waals surface area (Å²) in [7, 11) is 0. The molecule has 5 heteroatoms. The Labute approximate surface area is 130 Å². The summed E-state index contributed by atoms with van der Waals surface area (Å²) in [4.78, 5) is 18.8. The first-order chi connectivity index (χ1) is 10.8. The number of carbonyl (C=O) groups excluding carboxylic acids is 1. The van der Waals surface area contributed by atoms with Gasteiger partial charge in [0.1, 0.15) is 5.76 Å². The molecule has 1 saturated heterocycles. The van der Waals surface area contributed by atoms with Crippen LogP contribution in [0.4, 0.5) is 5.69 Å². The second kappa shape index (κ2) is 7.11. The highest BCUT2D eigenvalue weighted by Crippen LogP contribution is 2.19. The normalized spacial score (nSPS) is 15.4. The highest BCUT2D eigenvalue weighted by molar-refractivity contribution is 5.94. The fourth-order valence-electron chi connectivity index (χ4n) is 2.74. The van der Waals surface area contributed by atoms with E-state index in [4.69, 9.17) is 4.42 Å². The van der Waals surface area contributed by atoms with Gasteiger partial charge in [0.25, 0.3) is 5.91 Å². The van der Waals surface area contributed by atoms with Crippen LogP contribution in [0.1, 0.15) is 41.8 Å². The number of aromatic nitrogens is 1. The largest absolute Gasteiger partial charge is 0.467 e. The molecule has 0 aliphatic carbocycles. The van der Waals surface area contributed by atoms with Crippen LogP contribution in [0.15, 0.2) is 41.3 Å². The Bertz CT molecular complexity index is 602. The molecule has 1 amide bonds. The van der Waals surface area contributed by atoms with Crippen LogP contribution in [0.3, 0.4) is 0 Å². The lowest BCUT2D eigenvalue weighted by atomic mass is 10.2. The van der Waals surface area contributed by atoms with Crippen molar-refractivity contribution in [3.63, 3.8) is 0 Å². The summed E-state index contributed by atoms with van der Waals surface area (Å²) in [5.41, 5.74) is 1.63. The van der Waals surface area contributed by atoms with Crippen molar-refractivity contribution in [3.05, 3.63) is 48.2 Å². The van der Waals surface area contributed by atoms with Crippen LogP contribution in [-0.2, 0) is 6.54 Å². The van der Waals surface area contributed by atoms with Crippen molar-refractivity contribution in [1.82, 2.24) is 10.3 Å². The minimum atomic E-state index is -0.124. The molecule has 0 saturated carbocycles. The quantitative estimate of drug-likeness (QED) is 0.943. The van der Waals surface area contributed by atoms with Crippen molar-refractivity contribution in [3.8, 4) is 0 Å². The molecule has 0 radical (unpaired) electrons. The van der Waals surface area contributed by atoms with Gasteiger partial charge in [-0.3, -0.25) is 9.78 Å². The maximum atomic E-state index is 12.2. The molecule has 0 aromatic carbocycles. The molecule has 0 spiro atoms. The highest BCUT2D eigenvalue weighted by atomic mass is 16.3. The smallest absolute Gasteiger partial charge is 0.253 e. The average molecular weight is 299 g/mol. The van der Waals surface area contributed by atoms with Crippen molar-refractivity contribution in [2.75, 3.05) is 18.0 Å². The summed E-state index contributed by atoms with van der Waals surface area (Å²) < 4.78 is 5.21. The Kier molecular flexibility index (Phi) is 4.73. The molecule has 22 heavy (non-hydrogen) atoms. The van der Waals surface area contributed by atoms with Crippen molar-refractivity contribution >= 4 is 11.6 Å². The van der Waals surface area contributed by atoms with Crippen LogP contribution in [-0.4, -0.2) is 24.0 Å². The number of anilines is 1. The maximum absolute atomic E-state index is 12.2. The minimum absolute atomic E-state index is 0.124. The molecule has 1 fully saturated rings. The van der Waals surface area contributed by atoms with Crippen molar-refractivity contribution in [2.45, 2.75) is 32.2 Å². The van der Waals surface area contributed by atoms with Crippen LogP contribution in [0.2, 0.25) is 0 Å². The fourth-order valence-corrected chi connectivity index (χ4v) is 2.74. The van der Waals surface area contributed by atoms with Crippen LogP contribution in [0, 0.1) is 0 Å². The first-order valence-electron chi connectivity index (χ1n) is 7.83. The Morgan fingerprint density at radius 2 is 2.05 bits per heavy atom. The number of hydrogen-bond donors (Lipinski definition) is 1. The lowest BCUT2D eigenvalue weighted by Crippen LogP contribution is -2.26. The monoisotopic (exact) mass is 299 g/mol. The lowest BCUT2D eigenvalue weighted by Gasteiger charge is -2.22. The zero-order chi connectivity index (χ0) is 15.2. The zero-order valence-corrected chi connectivity index (χ0v) is 12.6. The summed E-state index contributed by atoms with van der Waals surface area (Å²) in [6.07, 6.45) is 10.0. The van der Waals surface area contributed by atoms with Gasteiger partial charge in [-0.05, 0) is 31.0 Å². The van der Waals surface area contributed by atoms with Gasteiger partial charge in [0.05, 0.1) is 30.3 Å². The molecular formula is C17H21N3O2. The predicted molar refractivity (Wildman–Crippen MR) is 84.8 cm³/mol. The van der Waals surface area contributed by atoms with Gasteiger partial charge in [-0.15, -0.1) is 0 Å². The molecule has 3 rings (SSSR count). The third-order valence-corrected chi connectivity index (χ3v) is 3.96. The number of carbonyl (C=O) groups is 1. The Morgan fingerprint density at radius 3 is 2.77 bits per heavy atom. The second-order valence-electron chi connectivity index (χ2n) is 5.60. The SMILES string of the molecule is O=C(NCc1ccco1)c1cncc(N2CCCCCC2)c1. The summed E-state index contributed by atoms with van der Waals surface area (Å²) in [6.45, 7) is 2.47. The van der Waals surface area contributed by atoms with E-state index in [-0.39, 0.29) is 5.91 Å². The number of nitrogens with zero attached hydrogens (tertiary/aromatic N) is 2. The van der Waals surface area contributed by atoms with E-state index in [1.807, 2.05) is 24.4 Å². The van der Waals surface area contributed by atoms with E-state index in [0.29, 0.717) is 12.1 Å². The summed E-state index contributed by atoms with van der Waals surface area (Å²) in [5.74, 6) is 0.616. The van der Waals surface area contributed by atoms with Crippen LogP contribution < -0.4 is 10.2 Å². The second-order valence-corrected chi connectivity index (χ2v) is 5.60. The molecule has 1 N–H and O–H groups in total. The minimum Gasteiger partial charge on any atom is -0.467 e. The van der Waals surface area contributed by atoms with Gasteiger partial charge >= 0.3 is 0 Å². The molecule has 2 aromatic heterocycles. The number of furan rings is 1. The molecule has 2 aromatic rings. The van der Waals surface area contributed by atoms with E-state index >= 15 is 0 Å². The van der Waals surface area contributed by atoms with E-state index in [2.05, 4.69) is 15.2 Å². The van der Waals surface area contributed by atoms with Gasteiger partial charge in [0.15, 0.2) is 0 Å². The summed E-state index contributed by atoms with van der Waals surface area (Å²) >= 11 is 0. The molecular weight excluding hydrogens is 278 g/mol. The lowest BCUT2D eigenvalue weighted by molar-refractivity contribution is 0.0947. The standard InChI is InChI=1S/C17H21N3O2/c21-17(19-13-16-6-5-9-22-16)14-10-15(12-18-11-14)20-7-3-1-2-4-8-20/h5-6,9-12H,1-4,7-8,13H2,(H,19,21). The first-order valence-corrected chi connectivity index (χ1v) is 7.83. The maximum Gasteiger partial charge on any atom is 0.253 e. The molecule has 3 heterocycles. The number of pyridine rings is 1. The summed E-state index contributed by atoms with van der Waals surface area (Å²) in [6, 6.07) is 5.57. The third-order valence-electron chi connectivity index (χ3n) is 3.96. The van der Waals surface area contributed by atoms with Gasteiger partial charge in [-0.2, -0.15) is 0 Å². The first kappa shape index (κ1) is 14.6. The Morgan fingerprint density at radius 1 is 1.23 bits per heavy atom. The molecule has 0 bridgehead atoms. The van der Waals surface area contributed by atoms with E-state index in [9.17, 15) is 4.79 Å². The Hall–Kier alpha value is -2.30. The number of hydrogen-bond acceptors (Lipinski definition) is 4. The predicted octanol–water partition coefficient (Wildman–Crippen LogP) is 2.99. The molecule has 5 nitrogen and oxygen atoms in total. The number of rotatable bonds is 4. The van der Waals surface area contributed by atoms with Crippen molar-refractivity contribution < 1.29 is 9.21 Å². The van der Waals surface area contributed by atoms with E-state index in [1.165, 1.54) is 25.7 Å². The highest BCUT2D eigenvalue weighted by Gasteiger charge is 2.13. The van der Waals surface area contributed by atoms with Gasteiger partial charge in [0, 0.05) is 19.3 Å². The third kappa shape index (κ3) is 3.67. The zero-order valence-electron chi connectivity index (χ0n) is 12.6. The molecule has 1 aliphatic rings. The number of amides is 1. The van der Waals surface area contributed by atoms with Crippen LogP contribution >= 0.6 is 0 Å². The van der Waals surface area contributed by atoms with Crippen LogP contribution in [0.25, 0.3) is 0 Å². The molecule has 0 unspecified atom stereocenters. The van der Waals surface area contributed by atoms with E-state index in [0.717, 1.165) is 24.5 Å². The van der Waals surface area contributed by atoms with E-state index in [1.54, 1.807) is 12.5 Å². The fraction of sp³-hybridized carbons (Fsp3) is 0.412. The molecule has 1 aliphatic heterocycles. The van der Waals surface area contributed by atoms with E-state index < -0.39 is 0 Å². The van der Waals surface area contributed by atoms with Crippen molar-refractivity contribution in [2.24, 2.45) is 0 Å². The van der Waals surface area contributed by atoms with Gasteiger partial charge in [-0.25, -0.2) is 0 Å². The van der Waals surface area contributed by atoms with Gasteiger partial charge in [0.2, 0.25) is 0 Å². The molecule has 0 atom stereocenters. The van der Waals surface area contributed by atoms with Crippen molar-refractivity contribution in [1.29, 1.82) is 0 Å². The summed E-state index contributed by atoms with van der Waals surface area (Å²) in [5, 5.41) is 2.85. The molecule has 116 valence electrons. The van der Waals surface area contributed by atoms with Gasteiger partial charge in [-0.1, -0.05) is 12.8 Å². The average Bonchev–Trinajstić information content (AvgIpc) is 2.93.